The third kappa shape index (κ3) is 6.19. The van der Waals surface area contributed by atoms with Gasteiger partial charge in [-0.3, -0.25) is 9.59 Å². The third-order valence-electron chi connectivity index (χ3n) is 4.80. The van der Waals surface area contributed by atoms with Crippen molar-refractivity contribution < 1.29 is 14.8 Å². The first kappa shape index (κ1) is 24.0. The molecule has 0 aliphatic carbocycles. The van der Waals surface area contributed by atoms with Gasteiger partial charge in [0.25, 0.3) is 0 Å². The van der Waals surface area contributed by atoms with E-state index in [4.69, 9.17) is 23.2 Å². The van der Waals surface area contributed by atoms with Crippen molar-refractivity contribution in [1.82, 2.24) is 0 Å². The van der Waals surface area contributed by atoms with Crippen LogP contribution < -0.4 is 5.32 Å². The minimum absolute atomic E-state index is 0.0105. The average Bonchev–Trinajstić information content (AvgIpc) is 2.79. The summed E-state index contributed by atoms with van der Waals surface area (Å²) in [5, 5.41) is 16.6. The number of hydrogen-bond acceptors (Lipinski definition) is 4. The van der Waals surface area contributed by atoms with Gasteiger partial charge in [0, 0.05) is 22.1 Å². The number of halogens is 3. The van der Waals surface area contributed by atoms with Crippen LogP contribution in [0.25, 0.3) is 0 Å². The Morgan fingerprint density at radius 1 is 0.938 bits per heavy atom. The van der Waals surface area contributed by atoms with Crippen molar-refractivity contribution in [3.05, 3.63) is 98.4 Å². The molecule has 0 spiro atoms. The Bertz CT molecular complexity index is 1140. The minimum Gasteiger partial charge on any atom is -0.411 e. The highest BCUT2D eigenvalue weighted by Crippen LogP contribution is 2.27. The quantitative estimate of drug-likeness (QED) is 0.142. The van der Waals surface area contributed by atoms with Crippen LogP contribution in [0.15, 0.2) is 82.4 Å². The van der Waals surface area contributed by atoms with Crippen molar-refractivity contribution >= 4 is 62.2 Å². The lowest BCUT2D eigenvalue weighted by Gasteiger charge is -2.18. The highest BCUT2D eigenvalue weighted by Gasteiger charge is 2.28. The molecule has 8 heteroatoms. The van der Waals surface area contributed by atoms with Gasteiger partial charge in [0.1, 0.15) is 0 Å². The number of ketones is 1. The van der Waals surface area contributed by atoms with E-state index in [9.17, 15) is 14.8 Å². The van der Waals surface area contributed by atoms with E-state index in [0.29, 0.717) is 26.9 Å². The summed E-state index contributed by atoms with van der Waals surface area (Å²) in [5.41, 5.74) is 1.85. The Labute approximate surface area is 204 Å². The number of amides is 1. The average molecular weight is 534 g/mol. The first-order valence-corrected chi connectivity index (χ1v) is 11.2. The largest absolute Gasteiger partial charge is 0.411 e. The van der Waals surface area contributed by atoms with Gasteiger partial charge in [0.15, 0.2) is 5.78 Å². The fourth-order valence-electron chi connectivity index (χ4n) is 3.21. The van der Waals surface area contributed by atoms with E-state index in [0.717, 1.165) is 4.47 Å². The number of rotatable bonds is 8. The van der Waals surface area contributed by atoms with Gasteiger partial charge in [-0.25, -0.2) is 0 Å². The van der Waals surface area contributed by atoms with Crippen molar-refractivity contribution in [1.29, 1.82) is 0 Å². The van der Waals surface area contributed by atoms with Crippen LogP contribution >= 0.6 is 39.1 Å². The molecule has 0 aliphatic rings. The van der Waals surface area contributed by atoms with Crippen LogP contribution in [0.5, 0.6) is 0 Å². The second-order valence-corrected chi connectivity index (χ2v) is 8.71. The molecule has 0 saturated carbocycles. The van der Waals surface area contributed by atoms with Crippen molar-refractivity contribution in [2.24, 2.45) is 5.16 Å². The first-order valence-electron chi connectivity index (χ1n) is 9.69. The molecule has 0 saturated heterocycles. The molecule has 5 nitrogen and oxygen atoms in total. The molecule has 3 rings (SSSR count). The molecule has 3 aromatic rings. The molecular formula is C24H19BrCl2N2O3. The van der Waals surface area contributed by atoms with Gasteiger partial charge in [0.2, 0.25) is 5.91 Å². The van der Waals surface area contributed by atoms with Crippen LogP contribution in [0, 0.1) is 0 Å². The number of oxime groups is 1. The SMILES string of the molecule is O=C(CC/C(=N\O)[C@H](C(=O)c1ccc(Br)cc1)c1ccccc1)Nc1ccc(Cl)c(Cl)c1. The van der Waals surface area contributed by atoms with Crippen LogP contribution in [-0.2, 0) is 4.79 Å². The van der Waals surface area contributed by atoms with Crippen LogP contribution in [0.3, 0.4) is 0 Å². The van der Waals surface area contributed by atoms with Crippen molar-refractivity contribution in [3.63, 3.8) is 0 Å². The fourth-order valence-corrected chi connectivity index (χ4v) is 3.77. The maximum Gasteiger partial charge on any atom is 0.224 e. The van der Waals surface area contributed by atoms with Crippen molar-refractivity contribution in [2.45, 2.75) is 18.8 Å². The number of hydrogen-bond donors (Lipinski definition) is 2. The molecule has 0 aliphatic heterocycles. The summed E-state index contributed by atoms with van der Waals surface area (Å²) in [4.78, 5) is 25.8. The zero-order valence-corrected chi connectivity index (χ0v) is 19.9. The summed E-state index contributed by atoms with van der Waals surface area (Å²) in [6, 6.07) is 20.8. The molecule has 0 unspecified atom stereocenters. The van der Waals surface area contributed by atoms with Gasteiger partial charge >= 0.3 is 0 Å². The Balaban J connectivity index is 1.78. The standard InChI is InChI=1S/C24H19BrCl2N2O3/c25-17-8-6-16(7-9-17)24(31)23(15-4-2-1-3-5-15)21(29-32)12-13-22(30)28-18-10-11-19(26)20(27)14-18/h1-11,14,23,32H,12-13H2,(H,28,30)/b29-21+/t23-/m1/s1. The highest BCUT2D eigenvalue weighted by atomic mass is 79.9. The molecule has 0 aromatic heterocycles. The van der Waals surface area contributed by atoms with Crippen LogP contribution in [0.1, 0.15) is 34.7 Å². The number of benzene rings is 3. The van der Waals surface area contributed by atoms with E-state index < -0.39 is 5.92 Å². The Kier molecular flexibility index (Phi) is 8.45. The van der Waals surface area contributed by atoms with Crippen molar-refractivity contribution in [2.75, 3.05) is 5.32 Å². The zero-order chi connectivity index (χ0) is 23.1. The molecule has 0 bridgehead atoms. The smallest absolute Gasteiger partial charge is 0.224 e. The number of carbonyl (C=O) groups is 2. The van der Waals surface area contributed by atoms with E-state index in [-0.39, 0.29) is 30.2 Å². The predicted octanol–water partition coefficient (Wildman–Crippen LogP) is 6.97. The van der Waals surface area contributed by atoms with Crippen molar-refractivity contribution in [3.8, 4) is 0 Å². The maximum absolute atomic E-state index is 13.3. The summed E-state index contributed by atoms with van der Waals surface area (Å²) >= 11 is 15.2. The lowest BCUT2D eigenvalue weighted by molar-refractivity contribution is -0.116. The second-order valence-electron chi connectivity index (χ2n) is 6.98. The molecule has 0 radical (unpaired) electrons. The molecule has 164 valence electrons. The summed E-state index contributed by atoms with van der Waals surface area (Å²) in [6.45, 7) is 0. The molecule has 1 atom stereocenters. The summed E-state index contributed by atoms with van der Waals surface area (Å²) in [6.07, 6.45) is 0.0993. The van der Waals surface area contributed by atoms with E-state index in [2.05, 4.69) is 26.4 Å². The monoisotopic (exact) mass is 532 g/mol. The maximum atomic E-state index is 13.3. The predicted molar refractivity (Wildman–Crippen MR) is 131 cm³/mol. The first-order chi connectivity index (χ1) is 15.4. The fraction of sp³-hybridized carbons (Fsp3) is 0.125. The molecule has 1 amide bonds. The zero-order valence-electron chi connectivity index (χ0n) is 16.8. The summed E-state index contributed by atoms with van der Waals surface area (Å²) < 4.78 is 0.848. The number of nitrogens with zero attached hydrogens (tertiary/aromatic N) is 1. The van der Waals surface area contributed by atoms with E-state index >= 15 is 0 Å². The van der Waals surface area contributed by atoms with Gasteiger partial charge in [-0.15, -0.1) is 0 Å². The van der Waals surface area contributed by atoms with Crippen LogP contribution in [-0.4, -0.2) is 22.6 Å². The minimum atomic E-state index is -0.819. The van der Waals surface area contributed by atoms with E-state index in [1.54, 1.807) is 54.6 Å². The van der Waals surface area contributed by atoms with E-state index in [1.165, 1.54) is 0 Å². The molecule has 32 heavy (non-hydrogen) atoms. The molecule has 2 N–H and O–H groups in total. The van der Waals surface area contributed by atoms with Gasteiger partial charge in [-0.2, -0.15) is 0 Å². The number of anilines is 1. The van der Waals surface area contributed by atoms with Gasteiger partial charge < -0.3 is 10.5 Å². The van der Waals surface area contributed by atoms with Crippen LogP contribution in [0.4, 0.5) is 5.69 Å². The summed E-state index contributed by atoms with van der Waals surface area (Å²) in [7, 11) is 0. The topological polar surface area (TPSA) is 78.8 Å². The lowest BCUT2D eigenvalue weighted by atomic mass is 9.85. The molecule has 0 fully saturated rings. The van der Waals surface area contributed by atoms with Gasteiger partial charge in [-0.05, 0) is 42.3 Å². The van der Waals surface area contributed by atoms with Gasteiger partial charge in [-0.1, -0.05) is 86.8 Å². The molecule has 0 heterocycles. The van der Waals surface area contributed by atoms with Crippen LogP contribution in [0.2, 0.25) is 10.0 Å². The lowest BCUT2D eigenvalue weighted by Crippen LogP contribution is -2.24. The normalized spacial score (nSPS) is 12.3. The Hall–Kier alpha value is -2.67. The number of carbonyl (C=O) groups excluding carboxylic acids is 2. The van der Waals surface area contributed by atoms with Gasteiger partial charge in [0.05, 0.1) is 21.7 Å². The Morgan fingerprint density at radius 3 is 2.25 bits per heavy atom. The molecule has 3 aromatic carbocycles. The second kappa shape index (κ2) is 11.3. The summed E-state index contributed by atoms with van der Waals surface area (Å²) in [5.74, 6) is -1.35. The number of Topliss-reactive ketones (excluding diaryl/α,β-unsaturated/α-hetero) is 1. The Morgan fingerprint density at radius 2 is 1.62 bits per heavy atom. The third-order valence-corrected chi connectivity index (χ3v) is 6.06. The number of nitrogens with one attached hydrogen (secondary N) is 1. The molecular weight excluding hydrogens is 515 g/mol. The highest BCUT2D eigenvalue weighted by molar-refractivity contribution is 9.10. The van der Waals surface area contributed by atoms with E-state index in [1.807, 2.05) is 18.2 Å².